The number of hydrogen-bond acceptors (Lipinski definition) is 0. The summed E-state index contributed by atoms with van der Waals surface area (Å²) in [5.41, 5.74) is 0.469. The van der Waals surface area contributed by atoms with Crippen molar-refractivity contribution < 1.29 is 0 Å². The van der Waals surface area contributed by atoms with Gasteiger partial charge in [0, 0.05) is 5.88 Å². The molecule has 0 bridgehead atoms. The van der Waals surface area contributed by atoms with Gasteiger partial charge < -0.3 is 0 Å². The molecule has 0 N–H and O–H groups in total. The Kier molecular flexibility index (Phi) is 6.03. The number of alkyl halides is 1. The van der Waals surface area contributed by atoms with Gasteiger partial charge in [-0.15, -0.1) is 11.6 Å². The lowest BCUT2D eigenvalue weighted by molar-refractivity contribution is 0.311. The molecule has 0 nitrogen and oxygen atoms in total. The molecule has 0 spiro atoms. The van der Waals surface area contributed by atoms with Crippen molar-refractivity contribution in [3.8, 4) is 0 Å². The maximum absolute atomic E-state index is 5.70. The highest BCUT2D eigenvalue weighted by Crippen LogP contribution is 2.27. The highest BCUT2D eigenvalue weighted by molar-refractivity contribution is 6.17. The molecule has 0 saturated carbocycles. The van der Waals surface area contributed by atoms with Crippen molar-refractivity contribution in [1.82, 2.24) is 0 Å². The Morgan fingerprint density at radius 3 is 2.18 bits per heavy atom. The highest BCUT2D eigenvalue weighted by Gasteiger charge is 2.15. The molecular formula is C10H21Cl. The quantitative estimate of drug-likeness (QED) is 0.420. The molecule has 0 heterocycles. The van der Waals surface area contributed by atoms with E-state index in [2.05, 4.69) is 20.8 Å². The minimum Gasteiger partial charge on any atom is -0.127 e. The molecule has 11 heavy (non-hydrogen) atoms. The van der Waals surface area contributed by atoms with E-state index in [0.717, 1.165) is 12.3 Å². The van der Waals surface area contributed by atoms with Crippen LogP contribution in [0.25, 0.3) is 0 Å². The minimum atomic E-state index is 0.469. The monoisotopic (exact) mass is 176 g/mol. The van der Waals surface area contributed by atoms with Crippen LogP contribution in [-0.4, -0.2) is 5.88 Å². The summed E-state index contributed by atoms with van der Waals surface area (Å²) in [5, 5.41) is 0. The van der Waals surface area contributed by atoms with Crippen LogP contribution < -0.4 is 0 Å². The molecule has 0 unspecified atom stereocenters. The van der Waals surface area contributed by atoms with Crippen molar-refractivity contribution in [1.29, 1.82) is 0 Å². The summed E-state index contributed by atoms with van der Waals surface area (Å²) in [6.45, 7) is 6.87. The van der Waals surface area contributed by atoms with Gasteiger partial charge in [-0.2, -0.15) is 0 Å². The third-order valence-electron chi connectivity index (χ3n) is 2.23. The molecule has 1 heteroatoms. The third kappa shape index (κ3) is 6.68. The van der Waals surface area contributed by atoms with E-state index in [9.17, 15) is 0 Å². The fraction of sp³-hybridized carbons (Fsp3) is 1.00. The Morgan fingerprint density at radius 1 is 1.09 bits per heavy atom. The zero-order valence-corrected chi connectivity index (χ0v) is 8.88. The zero-order valence-electron chi connectivity index (χ0n) is 8.12. The summed E-state index contributed by atoms with van der Waals surface area (Å²) in [7, 11) is 0. The molecule has 0 aliphatic rings. The van der Waals surface area contributed by atoms with E-state index < -0.39 is 0 Å². The van der Waals surface area contributed by atoms with Gasteiger partial charge in [-0.3, -0.25) is 0 Å². The second-order valence-corrected chi connectivity index (χ2v) is 4.44. The minimum absolute atomic E-state index is 0.469. The van der Waals surface area contributed by atoms with Crippen molar-refractivity contribution in [2.45, 2.75) is 52.9 Å². The van der Waals surface area contributed by atoms with E-state index in [1.165, 1.54) is 25.7 Å². The van der Waals surface area contributed by atoms with Gasteiger partial charge in [0.2, 0.25) is 0 Å². The van der Waals surface area contributed by atoms with E-state index in [4.69, 9.17) is 11.6 Å². The molecule has 0 radical (unpaired) electrons. The van der Waals surface area contributed by atoms with Crippen molar-refractivity contribution >= 4 is 11.6 Å². The van der Waals surface area contributed by atoms with Gasteiger partial charge in [-0.1, -0.05) is 40.0 Å². The number of unbranched alkanes of at least 4 members (excludes halogenated alkanes) is 2. The fourth-order valence-electron chi connectivity index (χ4n) is 1.23. The summed E-state index contributed by atoms with van der Waals surface area (Å²) < 4.78 is 0. The zero-order chi connectivity index (χ0) is 8.74. The van der Waals surface area contributed by atoms with E-state index in [0.29, 0.717) is 5.41 Å². The summed E-state index contributed by atoms with van der Waals surface area (Å²) in [5.74, 6) is 0.805. The van der Waals surface area contributed by atoms with Crippen molar-refractivity contribution in [2.24, 2.45) is 5.41 Å². The van der Waals surface area contributed by atoms with Crippen LogP contribution in [0.2, 0.25) is 0 Å². The largest absolute Gasteiger partial charge is 0.127 e. The lowest BCUT2D eigenvalue weighted by Crippen LogP contribution is -2.11. The summed E-state index contributed by atoms with van der Waals surface area (Å²) >= 11 is 5.70. The SMILES string of the molecule is CCCCCC(C)(C)CCCl. The second kappa shape index (κ2) is 5.88. The van der Waals surface area contributed by atoms with E-state index in [-0.39, 0.29) is 0 Å². The van der Waals surface area contributed by atoms with Gasteiger partial charge in [0.05, 0.1) is 0 Å². The first kappa shape index (κ1) is 11.3. The lowest BCUT2D eigenvalue weighted by Gasteiger charge is -2.22. The van der Waals surface area contributed by atoms with Gasteiger partial charge in [0.25, 0.3) is 0 Å². The first-order chi connectivity index (χ1) is 5.12. The van der Waals surface area contributed by atoms with E-state index in [1.54, 1.807) is 0 Å². The molecule has 0 atom stereocenters. The first-order valence-electron chi connectivity index (χ1n) is 4.68. The summed E-state index contributed by atoms with van der Waals surface area (Å²) in [6, 6.07) is 0. The van der Waals surface area contributed by atoms with Crippen LogP contribution in [0, 0.1) is 5.41 Å². The van der Waals surface area contributed by atoms with Crippen LogP contribution in [0.5, 0.6) is 0 Å². The average Bonchev–Trinajstić information content (AvgIpc) is 1.87. The van der Waals surface area contributed by atoms with Crippen molar-refractivity contribution in [2.75, 3.05) is 5.88 Å². The summed E-state index contributed by atoms with van der Waals surface area (Å²) in [4.78, 5) is 0. The third-order valence-corrected chi connectivity index (χ3v) is 2.42. The van der Waals surface area contributed by atoms with E-state index in [1.807, 2.05) is 0 Å². The summed E-state index contributed by atoms with van der Waals surface area (Å²) in [6.07, 6.45) is 6.52. The highest BCUT2D eigenvalue weighted by atomic mass is 35.5. The van der Waals surface area contributed by atoms with Gasteiger partial charge in [-0.05, 0) is 18.3 Å². The van der Waals surface area contributed by atoms with Crippen LogP contribution in [0.3, 0.4) is 0 Å². The van der Waals surface area contributed by atoms with Gasteiger partial charge >= 0.3 is 0 Å². The van der Waals surface area contributed by atoms with Gasteiger partial charge in [0.1, 0.15) is 0 Å². The van der Waals surface area contributed by atoms with Crippen LogP contribution in [-0.2, 0) is 0 Å². The molecule has 0 saturated heterocycles. The lowest BCUT2D eigenvalue weighted by atomic mass is 9.84. The van der Waals surface area contributed by atoms with E-state index >= 15 is 0 Å². The number of rotatable bonds is 6. The molecule has 0 aromatic carbocycles. The molecule has 0 amide bonds. The molecule has 0 rings (SSSR count). The standard InChI is InChI=1S/C10H21Cl/c1-4-5-6-7-10(2,3)8-9-11/h4-9H2,1-3H3. The molecule has 68 valence electrons. The predicted molar refractivity (Wildman–Crippen MR) is 53.3 cm³/mol. The molecule has 0 aliphatic heterocycles. The Balaban J connectivity index is 3.38. The molecule has 0 aromatic rings. The molecule has 0 fully saturated rings. The topological polar surface area (TPSA) is 0 Å². The van der Waals surface area contributed by atoms with Crippen LogP contribution in [0.15, 0.2) is 0 Å². The Bertz CT molecular complexity index is 86.9. The smallest absolute Gasteiger partial charge is 0.0228 e. The number of halogens is 1. The Hall–Kier alpha value is 0.290. The molecule has 0 aromatic heterocycles. The maximum atomic E-state index is 5.70. The maximum Gasteiger partial charge on any atom is 0.0228 e. The average molecular weight is 177 g/mol. The van der Waals surface area contributed by atoms with Crippen molar-refractivity contribution in [3.05, 3.63) is 0 Å². The first-order valence-corrected chi connectivity index (χ1v) is 5.22. The number of hydrogen-bond donors (Lipinski definition) is 0. The molecular weight excluding hydrogens is 156 g/mol. The van der Waals surface area contributed by atoms with Gasteiger partial charge in [-0.25, -0.2) is 0 Å². The normalized spacial score (nSPS) is 12.0. The van der Waals surface area contributed by atoms with Crippen LogP contribution in [0.1, 0.15) is 52.9 Å². The molecule has 0 aliphatic carbocycles. The fourth-order valence-corrected chi connectivity index (χ4v) is 1.75. The Morgan fingerprint density at radius 2 is 1.73 bits per heavy atom. The van der Waals surface area contributed by atoms with Crippen LogP contribution >= 0.6 is 11.6 Å². The van der Waals surface area contributed by atoms with Crippen LogP contribution in [0.4, 0.5) is 0 Å². The predicted octanol–water partition coefficient (Wildman–Crippen LogP) is 4.22. The van der Waals surface area contributed by atoms with Crippen molar-refractivity contribution in [3.63, 3.8) is 0 Å². The Labute approximate surface area is 76.3 Å². The van der Waals surface area contributed by atoms with Gasteiger partial charge in [0.15, 0.2) is 0 Å². The second-order valence-electron chi connectivity index (χ2n) is 4.06.